The third-order valence-electron chi connectivity index (χ3n) is 5.26. The number of anilines is 1. The van der Waals surface area contributed by atoms with E-state index < -0.39 is 17.6 Å². The number of carbonyl (C=O) groups is 1. The molecule has 0 unspecified atom stereocenters. The largest absolute Gasteiger partial charge is 0.418 e. The number of hydrogen-bond donors (Lipinski definition) is 1. The minimum absolute atomic E-state index is 0.0824. The molecule has 2 aromatic rings. The average Bonchev–Trinajstić information content (AvgIpc) is 3.16. The molecule has 0 saturated carbocycles. The number of amides is 1. The number of imidazole rings is 1. The zero-order valence-corrected chi connectivity index (χ0v) is 17.3. The highest BCUT2D eigenvalue weighted by Gasteiger charge is 2.33. The third-order valence-corrected chi connectivity index (χ3v) is 5.26. The minimum atomic E-state index is -4.50. The van der Waals surface area contributed by atoms with Crippen molar-refractivity contribution in [1.29, 1.82) is 0 Å². The molecule has 0 radical (unpaired) electrons. The predicted octanol–water partition coefficient (Wildman–Crippen LogP) is 3.28. The Balaban J connectivity index is 1.45. The zero-order valence-electron chi connectivity index (χ0n) is 17.3. The Labute approximate surface area is 174 Å². The molecule has 30 heavy (non-hydrogen) atoms. The summed E-state index contributed by atoms with van der Waals surface area (Å²) in [7, 11) is 0. The van der Waals surface area contributed by atoms with Crippen LogP contribution in [0, 0.1) is 0 Å². The van der Waals surface area contributed by atoms with Gasteiger partial charge < -0.3 is 9.88 Å². The lowest BCUT2D eigenvalue weighted by molar-refractivity contribution is -0.137. The van der Waals surface area contributed by atoms with Crippen LogP contribution in [-0.2, 0) is 17.5 Å². The van der Waals surface area contributed by atoms with Gasteiger partial charge in [-0.1, -0.05) is 26.0 Å². The van der Waals surface area contributed by atoms with Crippen LogP contribution < -0.4 is 5.32 Å². The van der Waals surface area contributed by atoms with E-state index in [1.807, 2.05) is 17.3 Å². The summed E-state index contributed by atoms with van der Waals surface area (Å²) in [5.41, 5.74) is -1.03. The molecule has 0 aliphatic carbocycles. The number of alkyl halides is 3. The number of hydrogen-bond acceptors (Lipinski definition) is 4. The van der Waals surface area contributed by atoms with Crippen molar-refractivity contribution in [3.05, 3.63) is 48.0 Å². The van der Waals surface area contributed by atoms with E-state index in [0.717, 1.165) is 38.1 Å². The van der Waals surface area contributed by atoms with Crippen molar-refractivity contribution in [3.8, 4) is 0 Å². The second-order valence-corrected chi connectivity index (χ2v) is 7.84. The van der Waals surface area contributed by atoms with Crippen LogP contribution in [0.1, 0.15) is 31.2 Å². The molecule has 1 aromatic carbocycles. The molecule has 0 bridgehead atoms. The molecule has 2 heterocycles. The Morgan fingerprint density at radius 3 is 2.43 bits per heavy atom. The van der Waals surface area contributed by atoms with E-state index in [1.165, 1.54) is 18.2 Å². The van der Waals surface area contributed by atoms with Crippen molar-refractivity contribution in [2.75, 3.05) is 44.6 Å². The van der Waals surface area contributed by atoms with E-state index in [9.17, 15) is 18.0 Å². The Hall–Kier alpha value is -2.39. The summed E-state index contributed by atoms with van der Waals surface area (Å²) in [5.74, 6) is 1.02. The van der Waals surface area contributed by atoms with Crippen molar-refractivity contribution in [2.45, 2.75) is 32.5 Å². The fourth-order valence-corrected chi connectivity index (χ4v) is 3.66. The van der Waals surface area contributed by atoms with Crippen LogP contribution in [0.2, 0.25) is 0 Å². The Morgan fingerprint density at radius 2 is 1.77 bits per heavy atom. The number of nitrogens with one attached hydrogen (secondary N) is 1. The summed E-state index contributed by atoms with van der Waals surface area (Å²) >= 11 is 0. The van der Waals surface area contributed by atoms with Crippen molar-refractivity contribution in [3.63, 3.8) is 0 Å². The Bertz CT molecular complexity index is 841. The number of benzene rings is 1. The second kappa shape index (κ2) is 9.61. The molecule has 9 heteroatoms. The molecule has 1 aromatic heterocycles. The summed E-state index contributed by atoms with van der Waals surface area (Å²) in [5, 5.41) is 2.41. The van der Waals surface area contributed by atoms with Gasteiger partial charge in [0.2, 0.25) is 5.91 Å². The SMILES string of the molecule is CC(C)c1nccn1CCN1CCN(CC(=O)Nc2ccccc2C(F)(F)F)CC1. The minimum Gasteiger partial charge on any atom is -0.333 e. The first kappa shape index (κ1) is 22.3. The fraction of sp³-hybridized carbons (Fsp3) is 0.524. The third kappa shape index (κ3) is 5.82. The number of nitrogens with zero attached hydrogens (tertiary/aromatic N) is 4. The van der Waals surface area contributed by atoms with E-state index in [0.29, 0.717) is 19.0 Å². The number of carbonyl (C=O) groups excluding carboxylic acids is 1. The first-order valence-electron chi connectivity index (χ1n) is 10.2. The Morgan fingerprint density at radius 1 is 1.10 bits per heavy atom. The van der Waals surface area contributed by atoms with E-state index in [4.69, 9.17) is 0 Å². The van der Waals surface area contributed by atoms with Gasteiger partial charge in [0, 0.05) is 57.6 Å². The van der Waals surface area contributed by atoms with E-state index in [-0.39, 0.29) is 12.2 Å². The molecule has 0 atom stereocenters. The standard InChI is InChI=1S/C21H28F3N5O/c1-16(2)20-25-7-8-29(20)14-13-27-9-11-28(12-10-27)15-19(30)26-18-6-4-3-5-17(18)21(22,23)24/h3-8,16H,9-15H2,1-2H3,(H,26,30). The van der Waals surface area contributed by atoms with Gasteiger partial charge in [-0.05, 0) is 12.1 Å². The van der Waals surface area contributed by atoms with Crippen LogP contribution in [0.4, 0.5) is 18.9 Å². The van der Waals surface area contributed by atoms with Gasteiger partial charge in [-0.15, -0.1) is 0 Å². The van der Waals surface area contributed by atoms with Crippen molar-refractivity contribution >= 4 is 11.6 Å². The van der Waals surface area contributed by atoms with Gasteiger partial charge >= 0.3 is 6.18 Å². The van der Waals surface area contributed by atoms with Gasteiger partial charge in [0.1, 0.15) is 5.82 Å². The second-order valence-electron chi connectivity index (χ2n) is 7.84. The average molecular weight is 423 g/mol. The van der Waals surface area contributed by atoms with Gasteiger partial charge in [-0.25, -0.2) is 4.98 Å². The highest BCUT2D eigenvalue weighted by molar-refractivity contribution is 5.93. The van der Waals surface area contributed by atoms with E-state index in [2.05, 4.69) is 33.6 Å². The van der Waals surface area contributed by atoms with Crippen LogP contribution in [0.5, 0.6) is 0 Å². The summed E-state index contributed by atoms with van der Waals surface area (Å²) in [4.78, 5) is 21.0. The fourth-order valence-electron chi connectivity index (χ4n) is 3.66. The highest BCUT2D eigenvalue weighted by atomic mass is 19.4. The Kier molecular flexibility index (Phi) is 7.14. The summed E-state index contributed by atoms with van der Waals surface area (Å²) < 4.78 is 41.4. The van der Waals surface area contributed by atoms with E-state index in [1.54, 1.807) is 0 Å². The topological polar surface area (TPSA) is 53.4 Å². The van der Waals surface area contributed by atoms with Gasteiger partial charge in [0.25, 0.3) is 0 Å². The zero-order chi connectivity index (χ0) is 21.7. The van der Waals surface area contributed by atoms with Gasteiger partial charge in [-0.2, -0.15) is 13.2 Å². The first-order chi connectivity index (χ1) is 14.2. The number of aromatic nitrogens is 2. The van der Waals surface area contributed by atoms with Crippen LogP contribution in [0.15, 0.2) is 36.7 Å². The molecule has 1 saturated heterocycles. The van der Waals surface area contributed by atoms with Crippen LogP contribution in [0.25, 0.3) is 0 Å². The quantitative estimate of drug-likeness (QED) is 0.743. The van der Waals surface area contributed by atoms with Crippen LogP contribution in [-0.4, -0.2) is 64.5 Å². The van der Waals surface area contributed by atoms with Gasteiger partial charge in [0.15, 0.2) is 0 Å². The van der Waals surface area contributed by atoms with Crippen LogP contribution in [0.3, 0.4) is 0 Å². The number of halogens is 3. The molecule has 1 fully saturated rings. The molecule has 1 aliphatic heterocycles. The molecule has 3 rings (SSSR count). The smallest absolute Gasteiger partial charge is 0.333 e. The number of piperazine rings is 1. The highest BCUT2D eigenvalue weighted by Crippen LogP contribution is 2.34. The molecule has 1 N–H and O–H groups in total. The summed E-state index contributed by atoms with van der Waals surface area (Å²) in [6, 6.07) is 5.04. The monoisotopic (exact) mass is 423 g/mol. The normalized spacial score (nSPS) is 16.2. The lowest BCUT2D eigenvalue weighted by atomic mass is 10.1. The molecular weight excluding hydrogens is 395 g/mol. The lowest BCUT2D eigenvalue weighted by Crippen LogP contribution is -2.49. The van der Waals surface area contributed by atoms with Crippen LogP contribution >= 0.6 is 0 Å². The molecule has 6 nitrogen and oxygen atoms in total. The van der Waals surface area contributed by atoms with E-state index >= 15 is 0 Å². The molecule has 0 spiro atoms. The maximum Gasteiger partial charge on any atom is 0.418 e. The van der Waals surface area contributed by atoms with Gasteiger partial charge in [-0.3, -0.25) is 14.6 Å². The van der Waals surface area contributed by atoms with Crippen molar-refractivity contribution < 1.29 is 18.0 Å². The maximum absolute atomic E-state index is 13.1. The van der Waals surface area contributed by atoms with Crippen molar-refractivity contribution in [2.24, 2.45) is 0 Å². The number of para-hydroxylation sites is 1. The molecular formula is C21H28F3N5O. The summed E-state index contributed by atoms with van der Waals surface area (Å²) in [6.07, 6.45) is -0.683. The molecule has 1 aliphatic rings. The first-order valence-corrected chi connectivity index (χ1v) is 10.2. The molecule has 164 valence electrons. The van der Waals surface area contributed by atoms with Gasteiger partial charge in [0.05, 0.1) is 17.8 Å². The molecule has 1 amide bonds. The van der Waals surface area contributed by atoms with Crippen molar-refractivity contribution in [1.82, 2.24) is 19.4 Å². The predicted molar refractivity (Wildman–Crippen MR) is 109 cm³/mol. The maximum atomic E-state index is 13.1. The number of rotatable bonds is 7. The lowest BCUT2D eigenvalue weighted by Gasteiger charge is -2.34. The summed E-state index contributed by atoms with van der Waals surface area (Å²) in [6.45, 7) is 9.13.